The molecule has 1 aromatic carbocycles. The van der Waals surface area contributed by atoms with E-state index in [1.165, 1.54) is 4.90 Å². The number of carbonyl (C=O) groups excluding carboxylic acids is 1. The van der Waals surface area contributed by atoms with E-state index in [2.05, 4.69) is 15.9 Å². The number of halogens is 2. The van der Waals surface area contributed by atoms with Crippen molar-refractivity contribution < 1.29 is 19.1 Å². The number of hydrogen-bond donors (Lipinski definition) is 1. The van der Waals surface area contributed by atoms with Gasteiger partial charge >= 0.3 is 5.97 Å². The molecule has 1 aromatic rings. The van der Waals surface area contributed by atoms with Crippen LogP contribution < -0.4 is 0 Å². The van der Waals surface area contributed by atoms with Crippen molar-refractivity contribution in [1.29, 1.82) is 0 Å². The van der Waals surface area contributed by atoms with Gasteiger partial charge in [0.05, 0.1) is 12.0 Å². The number of carboxylic acids is 1. The van der Waals surface area contributed by atoms with Gasteiger partial charge < -0.3 is 10.0 Å². The van der Waals surface area contributed by atoms with Crippen molar-refractivity contribution in [2.24, 2.45) is 0 Å². The normalized spacial score (nSPS) is 26.7. The summed E-state index contributed by atoms with van der Waals surface area (Å²) in [7, 11) is 0. The first-order valence-electron chi connectivity index (χ1n) is 6.85. The molecule has 1 aliphatic heterocycles. The lowest BCUT2D eigenvalue weighted by molar-refractivity contribution is -0.150. The van der Waals surface area contributed by atoms with E-state index in [0.29, 0.717) is 0 Å². The molecule has 21 heavy (non-hydrogen) atoms. The molecule has 3 rings (SSSR count). The number of hydrogen-bond acceptors (Lipinski definition) is 2. The number of likely N-dealkylation sites (tertiary alicyclic amines) is 1. The molecule has 0 aromatic heterocycles. The molecule has 1 atom stereocenters. The Kier molecular flexibility index (Phi) is 3.31. The van der Waals surface area contributed by atoms with Gasteiger partial charge in [0.2, 0.25) is 11.6 Å². The van der Waals surface area contributed by atoms with Crippen molar-refractivity contribution in [1.82, 2.24) is 4.90 Å². The van der Waals surface area contributed by atoms with Crippen LogP contribution in [0.1, 0.15) is 24.8 Å². The van der Waals surface area contributed by atoms with Gasteiger partial charge in [-0.2, -0.15) is 0 Å². The Labute approximate surface area is 130 Å². The van der Waals surface area contributed by atoms with Crippen molar-refractivity contribution in [3.8, 4) is 0 Å². The number of carboxylic acid groups (broad SMARTS) is 1. The Balaban J connectivity index is 1.82. The van der Waals surface area contributed by atoms with Crippen LogP contribution in [0.15, 0.2) is 28.7 Å². The first-order valence-corrected chi connectivity index (χ1v) is 7.64. The predicted octanol–water partition coefficient (Wildman–Crippen LogP) is 2.51. The fourth-order valence-corrected chi connectivity index (χ4v) is 3.36. The summed E-state index contributed by atoms with van der Waals surface area (Å²) in [6.45, 7) is -0.186. The van der Waals surface area contributed by atoms with Gasteiger partial charge in [0.25, 0.3) is 0 Å². The molecule has 0 bridgehead atoms. The SMILES string of the molecule is O=C(O)C1(F)CCN(C(=O)C2(c3cccc(Br)c3)CC2)C1. The van der Waals surface area contributed by atoms with Gasteiger partial charge in [-0.15, -0.1) is 0 Å². The van der Waals surface area contributed by atoms with E-state index in [4.69, 9.17) is 5.11 Å². The van der Waals surface area contributed by atoms with E-state index in [-0.39, 0.29) is 25.4 Å². The highest BCUT2D eigenvalue weighted by molar-refractivity contribution is 9.10. The van der Waals surface area contributed by atoms with Gasteiger partial charge in [-0.25, -0.2) is 9.18 Å². The maximum atomic E-state index is 14.1. The fourth-order valence-electron chi connectivity index (χ4n) is 2.96. The number of benzene rings is 1. The van der Waals surface area contributed by atoms with E-state index in [0.717, 1.165) is 22.9 Å². The second kappa shape index (κ2) is 4.80. The highest BCUT2D eigenvalue weighted by Gasteiger charge is 2.56. The monoisotopic (exact) mass is 355 g/mol. The van der Waals surface area contributed by atoms with Crippen molar-refractivity contribution in [3.05, 3.63) is 34.3 Å². The Bertz CT molecular complexity index is 617. The topological polar surface area (TPSA) is 57.6 Å². The third-order valence-electron chi connectivity index (χ3n) is 4.43. The van der Waals surface area contributed by atoms with Gasteiger partial charge in [0.1, 0.15) is 0 Å². The summed E-state index contributed by atoms with van der Waals surface area (Å²) < 4.78 is 15.0. The van der Waals surface area contributed by atoms with Crippen LogP contribution in [0, 0.1) is 0 Å². The van der Waals surface area contributed by atoms with Gasteiger partial charge in [-0.1, -0.05) is 28.1 Å². The Morgan fingerprint density at radius 3 is 2.52 bits per heavy atom. The Morgan fingerprint density at radius 2 is 2.00 bits per heavy atom. The summed E-state index contributed by atoms with van der Waals surface area (Å²) >= 11 is 3.39. The second-order valence-electron chi connectivity index (χ2n) is 5.84. The molecule has 1 heterocycles. The van der Waals surface area contributed by atoms with Crippen molar-refractivity contribution in [2.75, 3.05) is 13.1 Å². The van der Waals surface area contributed by atoms with Crippen LogP contribution >= 0.6 is 15.9 Å². The molecule has 0 radical (unpaired) electrons. The van der Waals surface area contributed by atoms with Crippen LogP contribution in [0.5, 0.6) is 0 Å². The third kappa shape index (κ3) is 2.35. The summed E-state index contributed by atoms with van der Waals surface area (Å²) in [6, 6.07) is 7.55. The number of aliphatic carboxylic acids is 1. The van der Waals surface area contributed by atoms with Gasteiger partial charge in [0, 0.05) is 17.4 Å². The molecule has 2 fully saturated rings. The van der Waals surface area contributed by atoms with E-state index in [9.17, 15) is 14.0 Å². The first kappa shape index (κ1) is 14.5. The van der Waals surface area contributed by atoms with E-state index in [1.54, 1.807) is 0 Å². The van der Waals surface area contributed by atoms with Crippen molar-refractivity contribution in [3.63, 3.8) is 0 Å². The summed E-state index contributed by atoms with van der Waals surface area (Å²) in [5, 5.41) is 8.92. The number of rotatable bonds is 3. The molecule has 112 valence electrons. The molecular weight excluding hydrogens is 341 g/mol. The maximum Gasteiger partial charge on any atom is 0.343 e. The maximum absolute atomic E-state index is 14.1. The number of carbonyl (C=O) groups is 2. The lowest BCUT2D eigenvalue weighted by Gasteiger charge is -2.24. The van der Waals surface area contributed by atoms with Crippen LogP contribution in [0.4, 0.5) is 4.39 Å². The molecule has 6 heteroatoms. The van der Waals surface area contributed by atoms with E-state index >= 15 is 0 Å². The third-order valence-corrected chi connectivity index (χ3v) is 4.92. The lowest BCUT2D eigenvalue weighted by atomic mass is 9.94. The van der Waals surface area contributed by atoms with E-state index < -0.39 is 17.1 Å². The largest absolute Gasteiger partial charge is 0.479 e. The molecule has 1 aliphatic carbocycles. The summed E-state index contributed by atoms with van der Waals surface area (Å²) in [6.07, 6.45) is 1.32. The average molecular weight is 356 g/mol. The minimum atomic E-state index is -2.30. The van der Waals surface area contributed by atoms with Crippen LogP contribution in [0.2, 0.25) is 0 Å². The highest BCUT2D eigenvalue weighted by atomic mass is 79.9. The molecule has 1 saturated heterocycles. The molecule has 1 saturated carbocycles. The van der Waals surface area contributed by atoms with Crippen LogP contribution in [-0.2, 0) is 15.0 Å². The fraction of sp³-hybridized carbons (Fsp3) is 0.467. The minimum Gasteiger partial charge on any atom is -0.479 e. The minimum absolute atomic E-state index is 0.136. The zero-order chi connectivity index (χ0) is 15.3. The van der Waals surface area contributed by atoms with Gasteiger partial charge in [-0.05, 0) is 30.5 Å². The Hall–Kier alpha value is -1.43. The lowest BCUT2D eigenvalue weighted by Crippen LogP contribution is -2.42. The quantitative estimate of drug-likeness (QED) is 0.906. The average Bonchev–Trinajstić information content (AvgIpc) is 3.15. The Morgan fingerprint density at radius 1 is 1.29 bits per heavy atom. The second-order valence-corrected chi connectivity index (χ2v) is 6.76. The molecule has 1 N–H and O–H groups in total. The molecule has 0 spiro atoms. The summed E-state index contributed by atoms with van der Waals surface area (Å²) in [4.78, 5) is 25.0. The molecule has 4 nitrogen and oxygen atoms in total. The zero-order valence-corrected chi connectivity index (χ0v) is 12.9. The molecule has 2 aliphatic rings. The van der Waals surface area contributed by atoms with E-state index in [1.807, 2.05) is 24.3 Å². The smallest absolute Gasteiger partial charge is 0.343 e. The molecule has 1 unspecified atom stereocenters. The zero-order valence-electron chi connectivity index (χ0n) is 11.3. The standard InChI is InChI=1S/C15H15BrFNO3/c16-11-3-1-2-10(8-11)14(4-5-14)12(19)18-7-6-15(17,9-18)13(20)21/h1-3,8H,4-7,9H2,(H,20,21). The van der Waals surface area contributed by atoms with Crippen LogP contribution in [0.25, 0.3) is 0 Å². The van der Waals surface area contributed by atoms with Gasteiger partial charge in [0.15, 0.2) is 0 Å². The van der Waals surface area contributed by atoms with Crippen molar-refractivity contribution in [2.45, 2.75) is 30.3 Å². The summed E-state index contributed by atoms with van der Waals surface area (Å²) in [5.74, 6) is -1.63. The predicted molar refractivity (Wildman–Crippen MR) is 77.7 cm³/mol. The molecular formula is C15H15BrFNO3. The van der Waals surface area contributed by atoms with Crippen LogP contribution in [0.3, 0.4) is 0 Å². The van der Waals surface area contributed by atoms with Gasteiger partial charge in [-0.3, -0.25) is 4.79 Å². The van der Waals surface area contributed by atoms with Crippen molar-refractivity contribution >= 4 is 27.8 Å². The highest BCUT2D eigenvalue weighted by Crippen LogP contribution is 2.50. The number of amides is 1. The summed E-state index contributed by atoms with van der Waals surface area (Å²) in [5.41, 5.74) is -1.98. The molecule has 1 amide bonds. The van der Waals surface area contributed by atoms with Crippen LogP contribution in [-0.4, -0.2) is 40.6 Å². The first-order chi connectivity index (χ1) is 9.87. The number of nitrogens with zero attached hydrogens (tertiary/aromatic N) is 1. The number of alkyl halides is 1.